The fraction of sp³-hybridized carbons (Fsp3) is 0.267. The Morgan fingerprint density at radius 2 is 1.85 bits per heavy atom. The molecule has 3 rings (SSSR count). The highest BCUT2D eigenvalue weighted by Gasteiger charge is 2.11. The molecular formula is C15H16N2O2S. The first-order chi connectivity index (χ1) is 9.85. The molecule has 0 aliphatic carbocycles. The van der Waals surface area contributed by atoms with Crippen LogP contribution in [-0.4, -0.2) is 18.2 Å². The Hall–Kier alpha value is -1.72. The molecule has 0 radical (unpaired) electrons. The lowest BCUT2D eigenvalue weighted by Gasteiger charge is -2.09. The Labute approximate surface area is 122 Å². The maximum atomic E-state index is 5.69. The molecule has 4 nitrogen and oxygen atoms in total. The van der Waals surface area contributed by atoms with Crippen LogP contribution in [0.15, 0.2) is 46.3 Å². The molecule has 1 aliphatic rings. The molecule has 0 atom stereocenters. The second kappa shape index (κ2) is 6.15. The van der Waals surface area contributed by atoms with Crippen molar-refractivity contribution in [1.29, 1.82) is 0 Å². The summed E-state index contributed by atoms with van der Waals surface area (Å²) < 4.78 is 11.3. The fourth-order valence-corrected chi connectivity index (χ4v) is 2.75. The molecule has 1 aromatic heterocycles. The molecule has 0 saturated carbocycles. The molecule has 0 amide bonds. The normalized spacial score (nSPS) is 13.8. The fourth-order valence-electron chi connectivity index (χ4n) is 1.94. The number of nitrogens with zero attached hydrogens (tertiary/aromatic N) is 1. The zero-order chi connectivity index (χ0) is 13.8. The van der Waals surface area contributed by atoms with Gasteiger partial charge in [0.25, 0.3) is 0 Å². The van der Waals surface area contributed by atoms with Crippen LogP contribution in [0.4, 0.5) is 0 Å². The SMILES string of the molecule is NCc1ccc(Sc2ccc3c(c2)OCCCO3)cn1. The largest absolute Gasteiger partial charge is 0.490 e. The zero-order valence-corrected chi connectivity index (χ0v) is 11.9. The average molecular weight is 288 g/mol. The molecule has 2 N–H and O–H groups in total. The van der Waals surface area contributed by atoms with Crippen LogP contribution >= 0.6 is 11.8 Å². The summed E-state index contributed by atoms with van der Waals surface area (Å²) >= 11 is 1.65. The summed E-state index contributed by atoms with van der Waals surface area (Å²) in [5.74, 6) is 1.64. The highest BCUT2D eigenvalue weighted by atomic mass is 32.2. The number of ether oxygens (including phenoxy) is 2. The van der Waals surface area contributed by atoms with Crippen LogP contribution in [0.3, 0.4) is 0 Å². The highest BCUT2D eigenvalue weighted by Crippen LogP contribution is 2.36. The Balaban J connectivity index is 1.78. The van der Waals surface area contributed by atoms with Gasteiger partial charge in [0.1, 0.15) is 0 Å². The van der Waals surface area contributed by atoms with Crippen molar-refractivity contribution in [2.75, 3.05) is 13.2 Å². The van der Waals surface area contributed by atoms with E-state index in [1.807, 2.05) is 36.5 Å². The first kappa shape index (κ1) is 13.3. The number of pyridine rings is 1. The van der Waals surface area contributed by atoms with Crippen molar-refractivity contribution in [3.8, 4) is 11.5 Å². The molecule has 0 unspecified atom stereocenters. The average Bonchev–Trinajstić information content (AvgIpc) is 2.73. The third-order valence-corrected chi connectivity index (χ3v) is 3.93. The number of nitrogens with two attached hydrogens (primary N) is 1. The smallest absolute Gasteiger partial charge is 0.162 e. The second-order valence-electron chi connectivity index (χ2n) is 4.45. The number of aromatic nitrogens is 1. The van der Waals surface area contributed by atoms with Crippen LogP contribution in [-0.2, 0) is 6.54 Å². The summed E-state index contributed by atoms with van der Waals surface area (Å²) in [6.07, 6.45) is 2.76. The van der Waals surface area contributed by atoms with Gasteiger partial charge in [-0.1, -0.05) is 11.8 Å². The van der Waals surface area contributed by atoms with Gasteiger partial charge in [-0.05, 0) is 30.3 Å². The van der Waals surface area contributed by atoms with E-state index in [4.69, 9.17) is 15.2 Å². The minimum Gasteiger partial charge on any atom is -0.490 e. The van der Waals surface area contributed by atoms with Crippen molar-refractivity contribution in [2.45, 2.75) is 22.8 Å². The predicted octanol–water partition coefficient (Wildman–Crippen LogP) is 2.85. The molecule has 2 aromatic rings. The summed E-state index contributed by atoms with van der Waals surface area (Å²) in [5, 5.41) is 0. The summed E-state index contributed by atoms with van der Waals surface area (Å²) in [7, 11) is 0. The Morgan fingerprint density at radius 3 is 2.60 bits per heavy atom. The van der Waals surface area contributed by atoms with Gasteiger partial charge in [0, 0.05) is 29.0 Å². The third-order valence-electron chi connectivity index (χ3n) is 2.96. The number of fused-ring (bicyclic) bond motifs is 1. The molecule has 1 aliphatic heterocycles. The molecule has 0 saturated heterocycles. The third kappa shape index (κ3) is 3.05. The van der Waals surface area contributed by atoms with Crippen molar-refractivity contribution >= 4 is 11.8 Å². The van der Waals surface area contributed by atoms with E-state index in [1.165, 1.54) is 0 Å². The van der Waals surface area contributed by atoms with Crippen LogP contribution in [0.1, 0.15) is 12.1 Å². The van der Waals surface area contributed by atoms with Gasteiger partial charge in [0.2, 0.25) is 0 Å². The maximum absolute atomic E-state index is 5.69. The molecule has 20 heavy (non-hydrogen) atoms. The summed E-state index contributed by atoms with van der Waals surface area (Å²) in [6.45, 7) is 1.88. The first-order valence-electron chi connectivity index (χ1n) is 6.57. The van der Waals surface area contributed by atoms with Crippen molar-refractivity contribution < 1.29 is 9.47 Å². The minimum atomic E-state index is 0.467. The van der Waals surface area contributed by atoms with Gasteiger partial charge in [0.15, 0.2) is 11.5 Å². The maximum Gasteiger partial charge on any atom is 0.162 e. The van der Waals surface area contributed by atoms with Crippen LogP contribution < -0.4 is 15.2 Å². The van der Waals surface area contributed by atoms with Gasteiger partial charge >= 0.3 is 0 Å². The van der Waals surface area contributed by atoms with Crippen LogP contribution in [0.2, 0.25) is 0 Å². The minimum absolute atomic E-state index is 0.467. The van der Waals surface area contributed by atoms with E-state index >= 15 is 0 Å². The van der Waals surface area contributed by atoms with Gasteiger partial charge in [-0.2, -0.15) is 0 Å². The van der Waals surface area contributed by atoms with E-state index in [9.17, 15) is 0 Å². The quantitative estimate of drug-likeness (QED) is 0.941. The molecule has 5 heteroatoms. The summed E-state index contributed by atoms with van der Waals surface area (Å²) in [5.41, 5.74) is 6.44. The van der Waals surface area contributed by atoms with Crippen LogP contribution in [0.25, 0.3) is 0 Å². The summed E-state index contributed by atoms with van der Waals surface area (Å²) in [4.78, 5) is 6.48. The van der Waals surface area contributed by atoms with E-state index < -0.39 is 0 Å². The highest BCUT2D eigenvalue weighted by molar-refractivity contribution is 7.99. The van der Waals surface area contributed by atoms with Gasteiger partial charge in [0.05, 0.1) is 18.9 Å². The van der Waals surface area contributed by atoms with Crippen LogP contribution in [0, 0.1) is 0 Å². The van der Waals surface area contributed by atoms with Gasteiger partial charge in [-0.25, -0.2) is 0 Å². The van der Waals surface area contributed by atoms with Crippen molar-refractivity contribution in [3.63, 3.8) is 0 Å². The Bertz CT molecular complexity index is 587. The molecule has 1 aromatic carbocycles. The van der Waals surface area contributed by atoms with Gasteiger partial charge in [-0.3, -0.25) is 4.98 Å². The number of hydrogen-bond donors (Lipinski definition) is 1. The van der Waals surface area contributed by atoms with E-state index in [2.05, 4.69) is 4.98 Å². The monoisotopic (exact) mass is 288 g/mol. The van der Waals surface area contributed by atoms with E-state index in [0.717, 1.165) is 33.4 Å². The lowest BCUT2D eigenvalue weighted by molar-refractivity contribution is 0.297. The van der Waals surface area contributed by atoms with Crippen molar-refractivity contribution in [2.24, 2.45) is 5.73 Å². The lowest BCUT2D eigenvalue weighted by Crippen LogP contribution is -1.98. The first-order valence-corrected chi connectivity index (χ1v) is 7.39. The van der Waals surface area contributed by atoms with E-state index in [-0.39, 0.29) is 0 Å². The number of hydrogen-bond acceptors (Lipinski definition) is 5. The second-order valence-corrected chi connectivity index (χ2v) is 5.60. The standard InChI is InChI=1S/C15H16N2O2S/c16-9-11-2-3-13(10-17-11)20-12-4-5-14-15(8-12)19-7-1-6-18-14/h2-5,8,10H,1,6-7,9,16H2. The Kier molecular flexibility index (Phi) is 4.08. The lowest BCUT2D eigenvalue weighted by atomic mass is 10.3. The van der Waals surface area contributed by atoms with Gasteiger partial charge in [-0.15, -0.1) is 0 Å². The predicted molar refractivity (Wildman–Crippen MR) is 78.3 cm³/mol. The Morgan fingerprint density at radius 1 is 1.05 bits per heavy atom. The van der Waals surface area contributed by atoms with Crippen molar-refractivity contribution in [3.05, 3.63) is 42.2 Å². The van der Waals surface area contributed by atoms with Gasteiger partial charge < -0.3 is 15.2 Å². The molecule has 104 valence electrons. The molecule has 0 fully saturated rings. The topological polar surface area (TPSA) is 57.4 Å². The molecule has 0 bridgehead atoms. The summed E-state index contributed by atoms with van der Waals surface area (Å²) in [6, 6.07) is 10.00. The van der Waals surface area contributed by atoms with Crippen molar-refractivity contribution in [1.82, 2.24) is 4.98 Å². The van der Waals surface area contributed by atoms with E-state index in [1.54, 1.807) is 11.8 Å². The molecule has 0 spiro atoms. The molecule has 2 heterocycles. The van der Waals surface area contributed by atoms with Crippen LogP contribution in [0.5, 0.6) is 11.5 Å². The molecular weight excluding hydrogens is 272 g/mol. The van der Waals surface area contributed by atoms with E-state index in [0.29, 0.717) is 19.8 Å². The number of rotatable bonds is 3. The number of benzene rings is 1. The zero-order valence-electron chi connectivity index (χ0n) is 11.0.